The van der Waals surface area contributed by atoms with Gasteiger partial charge in [-0.1, -0.05) is 11.6 Å². The van der Waals surface area contributed by atoms with Gasteiger partial charge in [-0.05, 0) is 43.4 Å². The Morgan fingerprint density at radius 3 is 3.00 bits per heavy atom. The minimum absolute atomic E-state index is 0.272. The van der Waals surface area contributed by atoms with Gasteiger partial charge in [-0.3, -0.25) is 0 Å². The van der Waals surface area contributed by atoms with Crippen molar-refractivity contribution in [2.75, 3.05) is 30.3 Å². The summed E-state index contributed by atoms with van der Waals surface area (Å²) in [5.41, 5.74) is 7.45. The van der Waals surface area contributed by atoms with Gasteiger partial charge >= 0.3 is 0 Å². The lowest BCUT2D eigenvalue weighted by atomic mass is 9.95. The summed E-state index contributed by atoms with van der Waals surface area (Å²) in [6.07, 6.45) is 3.23. The number of piperidine rings is 1. The molecular formula is C13H19ClN2O. The first-order chi connectivity index (χ1) is 8.20. The van der Waals surface area contributed by atoms with Crippen LogP contribution in [0.1, 0.15) is 19.3 Å². The normalized spacial score (nSPS) is 20.6. The largest absolute Gasteiger partial charge is 0.399 e. The van der Waals surface area contributed by atoms with Crippen LogP contribution in [0.4, 0.5) is 11.4 Å². The van der Waals surface area contributed by atoms with E-state index >= 15 is 0 Å². The summed E-state index contributed by atoms with van der Waals surface area (Å²) < 4.78 is 0. The van der Waals surface area contributed by atoms with Crippen LogP contribution < -0.4 is 10.6 Å². The monoisotopic (exact) mass is 254 g/mol. The average Bonchev–Trinajstić information content (AvgIpc) is 2.29. The van der Waals surface area contributed by atoms with Gasteiger partial charge < -0.3 is 15.7 Å². The molecule has 3 N–H and O–H groups in total. The molecule has 1 aromatic rings. The Morgan fingerprint density at radius 2 is 2.29 bits per heavy atom. The number of aliphatic hydroxyl groups is 1. The maximum absolute atomic E-state index is 9.01. The third kappa shape index (κ3) is 3.05. The first kappa shape index (κ1) is 12.5. The molecule has 1 heterocycles. The Kier molecular flexibility index (Phi) is 4.13. The standard InChI is InChI=1S/C13H19ClN2O/c14-12-8-11(15)3-4-13(12)16-6-1-2-10(9-16)5-7-17/h3-4,8,10,17H,1-2,5-7,9,15H2. The van der Waals surface area contributed by atoms with Gasteiger partial charge in [0.05, 0.1) is 10.7 Å². The molecule has 0 radical (unpaired) electrons. The molecule has 1 atom stereocenters. The first-order valence-corrected chi connectivity index (χ1v) is 6.49. The molecule has 17 heavy (non-hydrogen) atoms. The molecule has 0 aromatic heterocycles. The van der Waals surface area contributed by atoms with Crippen LogP contribution in [0.15, 0.2) is 18.2 Å². The first-order valence-electron chi connectivity index (χ1n) is 6.11. The molecule has 0 saturated carbocycles. The van der Waals surface area contributed by atoms with E-state index in [1.165, 1.54) is 6.42 Å². The van der Waals surface area contributed by atoms with Gasteiger partial charge in [-0.2, -0.15) is 0 Å². The van der Waals surface area contributed by atoms with Crippen molar-refractivity contribution in [1.29, 1.82) is 0 Å². The fourth-order valence-electron chi connectivity index (χ4n) is 2.48. The molecule has 1 aliphatic heterocycles. The minimum atomic E-state index is 0.272. The van der Waals surface area contributed by atoms with Crippen molar-refractivity contribution in [2.45, 2.75) is 19.3 Å². The minimum Gasteiger partial charge on any atom is -0.399 e. The number of aliphatic hydroxyl groups excluding tert-OH is 1. The van der Waals surface area contributed by atoms with Crippen LogP contribution in [-0.4, -0.2) is 24.8 Å². The molecule has 94 valence electrons. The Labute approximate surface area is 107 Å². The number of hydrogen-bond donors (Lipinski definition) is 2. The van der Waals surface area contributed by atoms with Crippen LogP contribution in [0, 0.1) is 5.92 Å². The van der Waals surface area contributed by atoms with Gasteiger partial charge in [0.1, 0.15) is 0 Å². The lowest BCUT2D eigenvalue weighted by Gasteiger charge is -2.34. The summed E-state index contributed by atoms with van der Waals surface area (Å²) in [4.78, 5) is 2.30. The van der Waals surface area contributed by atoms with E-state index in [-0.39, 0.29) is 6.61 Å². The Balaban J connectivity index is 2.10. The van der Waals surface area contributed by atoms with Crippen LogP contribution >= 0.6 is 11.6 Å². The lowest BCUT2D eigenvalue weighted by Crippen LogP contribution is -2.35. The fraction of sp³-hybridized carbons (Fsp3) is 0.538. The van der Waals surface area contributed by atoms with E-state index in [0.717, 1.165) is 36.6 Å². The summed E-state index contributed by atoms with van der Waals surface area (Å²) in [6.45, 7) is 2.28. The number of rotatable bonds is 3. The number of nitrogen functional groups attached to an aromatic ring is 1. The SMILES string of the molecule is Nc1ccc(N2CCCC(CCO)C2)c(Cl)c1. The van der Waals surface area contributed by atoms with Crippen molar-refractivity contribution in [3.8, 4) is 0 Å². The quantitative estimate of drug-likeness (QED) is 0.815. The average molecular weight is 255 g/mol. The summed E-state index contributed by atoms with van der Waals surface area (Å²) in [6, 6.07) is 5.67. The summed E-state index contributed by atoms with van der Waals surface area (Å²) in [5.74, 6) is 0.572. The highest BCUT2D eigenvalue weighted by Crippen LogP contribution is 2.31. The van der Waals surface area contributed by atoms with Crippen LogP contribution in [0.25, 0.3) is 0 Å². The van der Waals surface area contributed by atoms with Crippen LogP contribution in [0.5, 0.6) is 0 Å². The Morgan fingerprint density at radius 1 is 1.47 bits per heavy atom. The molecule has 2 rings (SSSR count). The predicted octanol–water partition coefficient (Wildman–Crippen LogP) is 2.52. The van der Waals surface area contributed by atoms with Gasteiger partial charge in [0, 0.05) is 25.4 Å². The van der Waals surface area contributed by atoms with E-state index in [9.17, 15) is 0 Å². The number of anilines is 2. The van der Waals surface area contributed by atoms with Crippen LogP contribution in [0.3, 0.4) is 0 Å². The van der Waals surface area contributed by atoms with Crippen molar-refractivity contribution in [3.05, 3.63) is 23.2 Å². The topological polar surface area (TPSA) is 49.5 Å². The van der Waals surface area contributed by atoms with Gasteiger partial charge in [-0.25, -0.2) is 0 Å². The highest BCUT2D eigenvalue weighted by atomic mass is 35.5. The lowest BCUT2D eigenvalue weighted by molar-refractivity contribution is 0.244. The van der Waals surface area contributed by atoms with Crippen molar-refractivity contribution in [3.63, 3.8) is 0 Å². The second-order valence-corrected chi connectivity index (χ2v) is 5.08. The molecule has 0 amide bonds. The number of nitrogens with two attached hydrogens (primary N) is 1. The number of halogens is 1. The maximum Gasteiger partial charge on any atom is 0.0660 e. The van der Waals surface area contributed by atoms with Crippen LogP contribution in [-0.2, 0) is 0 Å². The second-order valence-electron chi connectivity index (χ2n) is 4.68. The number of benzene rings is 1. The molecule has 4 heteroatoms. The molecule has 1 saturated heterocycles. The Hall–Kier alpha value is -0.930. The molecular weight excluding hydrogens is 236 g/mol. The van der Waals surface area contributed by atoms with Crippen molar-refractivity contribution < 1.29 is 5.11 Å². The number of nitrogens with zero attached hydrogens (tertiary/aromatic N) is 1. The van der Waals surface area contributed by atoms with E-state index in [4.69, 9.17) is 22.4 Å². The molecule has 1 fully saturated rings. The molecule has 1 aliphatic rings. The molecule has 0 aliphatic carbocycles. The van der Waals surface area contributed by atoms with Gasteiger partial charge in [0.2, 0.25) is 0 Å². The zero-order valence-electron chi connectivity index (χ0n) is 9.90. The van der Waals surface area contributed by atoms with Gasteiger partial charge in [0.25, 0.3) is 0 Å². The molecule has 3 nitrogen and oxygen atoms in total. The third-order valence-electron chi connectivity index (χ3n) is 3.37. The van der Waals surface area contributed by atoms with Crippen molar-refractivity contribution >= 4 is 23.0 Å². The second kappa shape index (κ2) is 5.61. The predicted molar refractivity (Wildman–Crippen MR) is 72.5 cm³/mol. The van der Waals surface area contributed by atoms with Crippen LogP contribution in [0.2, 0.25) is 5.02 Å². The van der Waals surface area contributed by atoms with Crippen molar-refractivity contribution in [2.24, 2.45) is 5.92 Å². The highest BCUT2D eigenvalue weighted by Gasteiger charge is 2.21. The van der Waals surface area contributed by atoms with Gasteiger partial charge in [-0.15, -0.1) is 0 Å². The zero-order chi connectivity index (χ0) is 12.3. The molecule has 1 unspecified atom stereocenters. The van der Waals surface area contributed by atoms with E-state index < -0.39 is 0 Å². The summed E-state index contributed by atoms with van der Waals surface area (Å²) in [5, 5.41) is 9.72. The van der Waals surface area contributed by atoms with E-state index in [0.29, 0.717) is 11.6 Å². The van der Waals surface area contributed by atoms with E-state index in [1.807, 2.05) is 12.1 Å². The molecule has 0 spiro atoms. The molecule has 0 bridgehead atoms. The van der Waals surface area contributed by atoms with E-state index in [2.05, 4.69) is 4.90 Å². The van der Waals surface area contributed by atoms with E-state index in [1.54, 1.807) is 6.07 Å². The fourth-order valence-corrected chi connectivity index (χ4v) is 2.79. The van der Waals surface area contributed by atoms with Crippen molar-refractivity contribution in [1.82, 2.24) is 0 Å². The zero-order valence-corrected chi connectivity index (χ0v) is 10.7. The Bertz CT molecular complexity index is 382. The summed E-state index contributed by atoms with van der Waals surface area (Å²) >= 11 is 6.22. The maximum atomic E-state index is 9.01. The molecule has 1 aromatic carbocycles. The summed E-state index contributed by atoms with van der Waals surface area (Å²) in [7, 11) is 0. The highest BCUT2D eigenvalue weighted by molar-refractivity contribution is 6.33. The number of hydrogen-bond acceptors (Lipinski definition) is 3. The van der Waals surface area contributed by atoms with Gasteiger partial charge in [0.15, 0.2) is 0 Å². The third-order valence-corrected chi connectivity index (χ3v) is 3.67. The smallest absolute Gasteiger partial charge is 0.0660 e.